The summed E-state index contributed by atoms with van der Waals surface area (Å²) in [6.45, 7) is 5.68. The van der Waals surface area contributed by atoms with Gasteiger partial charge in [-0.25, -0.2) is 0 Å². The summed E-state index contributed by atoms with van der Waals surface area (Å²) in [4.78, 5) is 13.1. The lowest BCUT2D eigenvalue weighted by atomic mass is 10.0. The molecule has 1 aromatic carbocycles. The number of carbonyl (C=O) groups is 1. The molecule has 0 amide bonds. The number of benzene rings is 1. The van der Waals surface area contributed by atoms with Crippen molar-refractivity contribution in [1.82, 2.24) is 4.90 Å². The number of hydrogen-bond donors (Lipinski definition) is 1. The second-order valence-electron chi connectivity index (χ2n) is 5.70. The van der Waals surface area contributed by atoms with Crippen LogP contribution in [0.3, 0.4) is 0 Å². The fourth-order valence-electron chi connectivity index (χ4n) is 2.68. The molecule has 1 aromatic rings. The number of rotatable bonds is 4. The molecule has 3 heteroatoms. The largest absolute Gasteiger partial charge is 0.481 e. The van der Waals surface area contributed by atoms with Crippen LogP contribution in [-0.4, -0.2) is 29.1 Å². The first-order valence-corrected chi connectivity index (χ1v) is 7.15. The first-order valence-electron chi connectivity index (χ1n) is 7.15. The van der Waals surface area contributed by atoms with Gasteiger partial charge in [-0.1, -0.05) is 31.2 Å². The van der Waals surface area contributed by atoms with Crippen LogP contribution in [0.25, 0.3) is 0 Å². The molecule has 1 unspecified atom stereocenters. The molecule has 2 rings (SSSR count). The minimum Gasteiger partial charge on any atom is -0.481 e. The van der Waals surface area contributed by atoms with Gasteiger partial charge in [0.2, 0.25) is 0 Å². The van der Waals surface area contributed by atoms with Gasteiger partial charge in [-0.15, -0.1) is 0 Å². The van der Waals surface area contributed by atoms with Crippen LogP contribution in [0.15, 0.2) is 24.3 Å². The molecular weight excluding hydrogens is 238 g/mol. The van der Waals surface area contributed by atoms with E-state index in [0.717, 1.165) is 18.0 Å². The maximum atomic E-state index is 10.6. The van der Waals surface area contributed by atoms with Gasteiger partial charge in [-0.3, -0.25) is 9.69 Å². The first kappa shape index (κ1) is 14.1. The van der Waals surface area contributed by atoms with Crippen molar-refractivity contribution in [2.45, 2.75) is 39.2 Å². The fourth-order valence-corrected chi connectivity index (χ4v) is 2.68. The van der Waals surface area contributed by atoms with E-state index in [0.29, 0.717) is 0 Å². The zero-order valence-electron chi connectivity index (χ0n) is 11.6. The molecule has 0 saturated carbocycles. The average Bonchev–Trinajstić information content (AvgIpc) is 2.56. The van der Waals surface area contributed by atoms with Gasteiger partial charge in [0, 0.05) is 6.54 Å². The van der Waals surface area contributed by atoms with Gasteiger partial charge in [-0.2, -0.15) is 0 Å². The monoisotopic (exact) mass is 261 g/mol. The normalized spacial score (nSPS) is 21.0. The predicted octanol–water partition coefficient (Wildman–Crippen LogP) is 2.94. The third-order valence-electron chi connectivity index (χ3n) is 3.89. The molecule has 3 nitrogen and oxygen atoms in total. The van der Waals surface area contributed by atoms with E-state index in [1.165, 1.54) is 37.9 Å². The van der Waals surface area contributed by atoms with Gasteiger partial charge in [0.25, 0.3) is 0 Å². The van der Waals surface area contributed by atoms with Crippen LogP contribution in [-0.2, 0) is 17.8 Å². The van der Waals surface area contributed by atoms with Crippen LogP contribution in [0.5, 0.6) is 0 Å². The van der Waals surface area contributed by atoms with E-state index in [-0.39, 0.29) is 6.42 Å². The van der Waals surface area contributed by atoms with E-state index in [9.17, 15) is 4.79 Å². The number of nitrogens with zero attached hydrogens (tertiary/aromatic N) is 1. The Bertz CT molecular complexity index is 413. The number of hydrogen-bond acceptors (Lipinski definition) is 2. The number of carboxylic acid groups (broad SMARTS) is 1. The number of likely N-dealkylation sites (tertiary alicyclic amines) is 1. The summed E-state index contributed by atoms with van der Waals surface area (Å²) in [7, 11) is 0. The topological polar surface area (TPSA) is 40.5 Å². The molecule has 1 atom stereocenters. The van der Waals surface area contributed by atoms with E-state index in [4.69, 9.17) is 5.11 Å². The van der Waals surface area contributed by atoms with Crippen LogP contribution in [0.1, 0.15) is 37.3 Å². The summed E-state index contributed by atoms with van der Waals surface area (Å²) in [6, 6.07) is 7.99. The summed E-state index contributed by atoms with van der Waals surface area (Å²) >= 11 is 0. The summed E-state index contributed by atoms with van der Waals surface area (Å²) in [6.07, 6.45) is 4.03. The molecule has 1 aliphatic heterocycles. The number of carboxylic acids is 1. The SMILES string of the molecule is CC1CCCN(Cc2ccc(CC(=O)O)cc2)CC1. The quantitative estimate of drug-likeness (QED) is 0.906. The highest BCUT2D eigenvalue weighted by Gasteiger charge is 2.13. The zero-order valence-corrected chi connectivity index (χ0v) is 11.6. The molecule has 19 heavy (non-hydrogen) atoms. The van der Waals surface area contributed by atoms with Crippen LogP contribution in [0.2, 0.25) is 0 Å². The van der Waals surface area contributed by atoms with Crippen molar-refractivity contribution < 1.29 is 9.90 Å². The fraction of sp³-hybridized carbons (Fsp3) is 0.562. The van der Waals surface area contributed by atoms with Crippen molar-refractivity contribution in [3.63, 3.8) is 0 Å². The van der Waals surface area contributed by atoms with Gasteiger partial charge in [0.15, 0.2) is 0 Å². The lowest BCUT2D eigenvalue weighted by molar-refractivity contribution is -0.136. The Balaban J connectivity index is 1.90. The molecule has 104 valence electrons. The van der Waals surface area contributed by atoms with E-state index in [1.807, 2.05) is 12.1 Å². The zero-order chi connectivity index (χ0) is 13.7. The van der Waals surface area contributed by atoms with E-state index in [1.54, 1.807) is 0 Å². The van der Waals surface area contributed by atoms with E-state index >= 15 is 0 Å². The van der Waals surface area contributed by atoms with Gasteiger partial charge in [0.05, 0.1) is 6.42 Å². The van der Waals surface area contributed by atoms with E-state index in [2.05, 4.69) is 24.0 Å². The van der Waals surface area contributed by atoms with E-state index < -0.39 is 5.97 Å². The molecule has 0 radical (unpaired) electrons. The molecule has 1 saturated heterocycles. The van der Waals surface area contributed by atoms with Gasteiger partial charge >= 0.3 is 5.97 Å². The predicted molar refractivity (Wildman–Crippen MR) is 76.1 cm³/mol. The minimum absolute atomic E-state index is 0.113. The molecule has 1 N–H and O–H groups in total. The highest BCUT2D eigenvalue weighted by molar-refractivity contribution is 5.70. The van der Waals surface area contributed by atoms with Crippen molar-refractivity contribution in [3.8, 4) is 0 Å². The molecule has 1 fully saturated rings. The smallest absolute Gasteiger partial charge is 0.307 e. The average molecular weight is 261 g/mol. The van der Waals surface area contributed by atoms with Gasteiger partial charge in [0.1, 0.15) is 0 Å². The molecule has 1 heterocycles. The van der Waals surface area contributed by atoms with Crippen molar-refractivity contribution in [2.24, 2.45) is 5.92 Å². The maximum absolute atomic E-state index is 10.6. The van der Waals surface area contributed by atoms with Crippen LogP contribution in [0.4, 0.5) is 0 Å². The van der Waals surface area contributed by atoms with Crippen molar-refractivity contribution in [3.05, 3.63) is 35.4 Å². The lowest BCUT2D eigenvalue weighted by Gasteiger charge is -2.20. The van der Waals surface area contributed by atoms with Crippen LogP contribution < -0.4 is 0 Å². The lowest BCUT2D eigenvalue weighted by Crippen LogP contribution is -2.24. The molecule has 1 aliphatic rings. The Kier molecular flexibility index (Phi) is 4.97. The molecular formula is C16H23NO2. The van der Waals surface area contributed by atoms with Crippen LogP contribution >= 0.6 is 0 Å². The van der Waals surface area contributed by atoms with Crippen molar-refractivity contribution >= 4 is 5.97 Å². The van der Waals surface area contributed by atoms with Crippen LogP contribution in [0, 0.1) is 5.92 Å². The Morgan fingerprint density at radius 1 is 1.21 bits per heavy atom. The Hall–Kier alpha value is -1.35. The Morgan fingerprint density at radius 2 is 1.89 bits per heavy atom. The molecule has 0 aromatic heterocycles. The van der Waals surface area contributed by atoms with Gasteiger partial charge < -0.3 is 5.11 Å². The third-order valence-corrected chi connectivity index (χ3v) is 3.89. The second-order valence-corrected chi connectivity index (χ2v) is 5.70. The highest BCUT2D eigenvalue weighted by Crippen LogP contribution is 2.18. The summed E-state index contributed by atoms with van der Waals surface area (Å²) < 4.78 is 0. The summed E-state index contributed by atoms with van der Waals surface area (Å²) in [5.74, 6) is 0.0807. The standard InChI is InChI=1S/C16H23NO2/c1-13-3-2-9-17(10-8-13)12-15-6-4-14(5-7-15)11-16(18)19/h4-7,13H,2-3,8-12H2,1H3,(H,18,19). The summed E-state index contributed by atoms with van der Waals surface area (Å²) in [5, 5.41) is 8.75. The second kappa shape index (κ2) is 6.71. The first-order chi connectivity index (χ1) is 9.13. The Morgan fingerprint density at radius 3 is 2.58 bits per heavy atom. The van der Waals surface area contributed by atoms with Crippen molar-refractivity contribution in [1.29, 1.82) is 0 Å². The molecule has 0 spiro atoms. The minimum atomic E-state index is -0.769. The highest BCUT2D eigenvalue weighted by atomic mass is 16.4. The molecule has 0 bridgehead atoms. The molecule has 0 aliphatic carbocycles. The van der Waals surface area contributed by atoms with Gasteiger partial charge in [-0.05, 0) is 49.4 Å². The third kappa shape index (κ3) is 4.67. The maximum Gasteiger partial charge on any atom is 0.307 e. The number of aliphatic carboxylic acids is 1. The summed E-state index contributed by atoms with van der Waals surface area (Å²) in [5.41, 5.74) is 2.16. The Labute approximate surface area is 115 Å². The van der Waals surface area contributed by atoms with Crippen molar-refractivity contribution in [2.75, 3.05) is 13.1 Å².